The van der Waals surface area contributed by atoms with E-state index in [0.29, 0.717) is 35.6 Å². The second-order valence-electron chi connectivity index (χ2n) is 6.27. The number of thioether (sulfide) groups is 1. The van der Waals surface area contributed by atoms with Crippen LogP contribution in [0.15, 0.2) is 53.2 Å². The first kappa shape index (κ1) is 21.8. The van der Waals surface area contributed by atoms with E-state index in [0.717, 1.165) is 22.8 Å². The van der Waals surface area contributed by atoms with Gasteiger partial charge in [0, 0.05) is 0 Å². The van der Waals surface area contributed by atoms with Gasteiger partial charge in [0.05, 0.1) is 26.0 Å². The summed E-state index contributed by atoms with van der Waals surface area (Å²) < 4.78 is 16.5. The molecule has 1 heterocycles. The van der Waals surface area contributed by atoms with E-state index in [1.54, 1.807) is 18.1 Å². The molecule has 1 amide bonds. The Morgan fingerprint density at radius 1 is 1.00 bits per heavy atom. The van der Waals surface area contributed by atoms with Crippen molar-refractivity contribution in [2.45, 2.75) is 20.8 Å². The molecular formula is C23H26N2O4S. The van der Waals surface area contributed by atoms with Crippen molar-refractivity contribution in [3.8, 4) is 17.2 Å². The highest BCUT2D eigenvalue weighted by atomic mass is 32.2. The second-order valence-corrected chi connectivity index (χ2v) is 7.50. The monoisotopic (exact) mass is 426 g/mol. The van der Waals surface area contributed by atoms with Gasteiger partial charge in [0.2, 0.25) is 0 Å². The SMILES string of the molecule is CCOc1ccc(N2C(=O)C(=Cc3ccc(OCC)c(OC)c3)N=C2SCC)cc1. The van der Waals surface area contributed by atoms with Crippen LogP contribution in [0.25, 0.3) is 6.08 Å². The number of benzene rings is 2. The summed E-state index contributed by atoms with van der Waals surface area (Å²) >= 11 is 1.53. The van der Waals surface area contributed by atoms with Gasteiger partial charge in [0.1, 0.15) is 11.4 Å². The molecule has 0 aromatic heterocycles. The lowest BCUT2D eigenvalue weighted by atomic mass is 10.1. The zero-order chi connectivity index (χ0) is 21.5. The molecule has 1 aliphatic rings. The van der Waals surface area contributed by atoms with Crippen LogP contribution in [-0.4, -0.2) is 37.2 Å². The number of hydrogen-bond acceptors (Lipinski definition) is 6. The average molecular weight is 427 g/mol. The summed E-state index contributed by atoms with van der Waals surface area (Å²) in [5, 5.41) is 0.663. The Kier molecular flexibility index (Phi) is 7.41. The van der Waals surface area contributed by atoms with Gasteiger partial charge < -0.3 is 14.2 Å². The Balaban J connectivity index is 1.92. The van der Waals surface area contributed by atoms with Crippen LogP contribution in [0.2, 0.25) is 0 Å². The molecule has 1 aliphatic heterocycles. The summed E-state index contributed by atoms with van der Waals surface area (Å²) in [5.74, 6) is 2.70. The fourth-order valence-corrected chi connectivity index (χ4v) is 3.75. The summed E-state index contributed by atoms with van der Waals surface area (Å²) in [6.07, 6.45) is 1.77. The number of amidine groups is 1. The van der Waals surface area contributed by atoms with Crippen molar-refractivity contribution >= 4 is 34.6 Å². The molecule has 0 radical (unpaired) electrons. The molecule has 0 saturated carbocycles. The minimum absolute atomic E-state index is 0.164. The van der Waals surface area contributed by atoms with E-state index in [4.69, 9.17) is 14.2 Å². The topological polar surface area (TPSA) is 60.4 Å². The fourth-order valence-electron chi connectivity index (χ4n) is 3.01. The Morgan fingerprint density at radius 2 is 1.73 bits per heavy atom. The number of amides is 1. The highest BCUT2D eigenvalue weighted by molar-refractivity contribution is 8.14. The highest BCUT2D eigenvalue weighted by Gasteiger charge is 2.31. The van der Waals surface area contributed by atoms with E-state index in [1.165, 1.54) is 11.8 Å². The summed E-state index contributed by atoms with van der Waals surface area (Å²) in [7, 11) is 1.59. The minimum Gasteiger partial charge on any atom is -0.494 e. The lowest BCUT2D eigenvalue weighted by molar-refractivity contribution is -0.113. The van der Waals surface area contributed by atoms with Crippen LogP contribution in [0, 0.1) is 0 Å². The van der Waals surface area contributed by atoms with Gasteiger partial charge in [-0.05, 0) is 67.6 Å². The van der Waals surface area contributed by atoms with Gasteiger partial charge in [-0.2, -0.15) is 0 Å². The predicted molar refractivity (Wildman–Crippen MR) is 123 cm³/mol. The van der Waals surface area contributed by atoms with Gasteiger partial charge in [-0.1, -0.05) is 24.8 Å². The number of ether oxygens (including phenoxy) is 3. The maximum atomic E-state index is 13.2. The number of rotatable bonds is 8. The van der Waals surface area contributed by atoms with Crippen molar-refractivity contribution in [3.05, 3.63) is 53.7 Å². The van der Waals surface area contributed by atoms with Crippen molar-refractivity contribution < 1.29 is 19.0 Å². The quantitative estimate of drug-likeness (QED) is 0.557. The third kappa shape index (κ3) is 4.79. The molecule has 0 bridgehead atoms. The lowest BCUT2D eigenvalue weighted by Crippen LogP contribution is -2.30. The molecule has 30 heavy (non-hydrogen) atoms. The Morgan fingerprint density at radius 3 is 2.37 bits per heavy atom. The molecular weight excluding hydrogens is 400 g/mol. The minimum atomic E-state index is -0.164. The summed E-state index contributed by atoms with van der Waals surface area (Å²) in [4.78, 5) is 19.4. The summed E-state index contributed by atoms with van der Waals surface area (Å²) in [6, 6.07) is 13.0. The lowest BCUT2D eigenvalue weighted by Gasteiger charge is -2.17. The first-order valence-corrected chi connectivity index (χ1v) is 10.9. The van der Waals surface area contributed by atoms with Crippen LogP contribution in [0.1, 0.15) is 26.3 Å². The molecule has 0 atom stereocenters. The van der Waals surface area contributed by atoms with Gasteiger partial charge in [-0.25, -0.2) is 4.99 Å². The summed E-state index contributed by atoms with van der Waals surface area (Å²) in [6.45, 7) is 7.04. The molecule has 158 valence electrons. The molecule has 3 rings (SSSR count). The van der Waals surface area contributed by atoms with Gasteiger partial charge in [0.25, 0.3) is 5.91 Å². The van der Waals surface area contributed by atoms with Crippen LogP contribution in [-0.2, 0) is 4.79 Å². The van der Waals surface area contributed by atoms with Gasteiger partial charge in [-0.15, -0.1) is 0 Å². The number of nitrogens with zero attached hydrogens (tertiary/aromatic N) is 2. The molecule has 0 fully saturated rings. The van der Waals surface area contributed by atoms with Crippen molar-refractivity contribution in [3.63, 3.8) is 0 Å². The molecule has 2 aromatic rings. The first-order chi connectivity index (χ1) is 14.6. The third-order valence-corrected chi connectivity index (χ3v) is 5.12. The molecule has 6 nitrogen and oxygen atoms in total. The molecule has 2 aromatic carbocycles. The Labute approximate surface area is 181 Å². The van der Waals surface area contributed by atoms with Gasteiger partial charge in [-0.3, -0.25) is 9.69 Å². The Hall–Kier alpha value is -2.93. The molecule has 0 saturated heterocycles. The van der Waals surface area contributed by atoms with Crippen LogP contribution in [0.4, 0.5) is 5.69 Å². The van der Waals surface area contributed by atoms with E-state index in [-0.39, 0.29) is 5.91 Å². The van der Waals surface area contributed by atoms with E-state index in [2.05, 4.69) is 4.99 Å². The highest BCUT2D eigenvalue weighted by Crippen LogP contribution is 2.32. The Bertz CT molecular complexity index is 954. The molecule has 0 aliphatic carbocycles. The van der Waals surface area contributed by atoms with E-state index in [9.17, 15) is 4.79 Å². The number of carbonyl (C=O) groups excluding carboxylic acids is 1. The van der Waals surface area contributed by atoms with Crippen molar-refractivity contribution in [2.24, 2.45) is 4.99 Å². The van der Waals surface area contributed by atoms with Crippen molar-refractivity contribution in [1.82, 2.24) is 0 Å². The number of anilines is 1. The largest absolute Gasteiger partial charge is 0.494 e. The number of carbonyl (C=O) groups is 1. The van der Waals surface area contributed by atoms with Gasteiger partial charge >= 0.3 is 0 Å². The van der Waals surface area contributed by atoms with E-state index in [1.807, 2.05) is 63.2 Å². The van der Waals surface area contributed by atoms with Crippen LogP contribution < -0.4 is 19.1 Å². The third-order valence-electron chi connectivity index (χ3n) is 4.30. The zero-order valence-corrected chi connectivity index (χ0v) is 18.5. The molecule has 0 unspecified atom stereocenters. The first-order valence-electron chi connectivity index (χ1n) is 9.92. The van der Waals surface area contributed by atoms with Gasteiger partial charge in [0.15, 0.2) is 16.7 Å². The number of hydrogen-bond donors (Lipinski definition) is 0. The fraction of sp³-hybridized carbons (Fsp3) is 0.304. The second kappa shape index (κ2) is 10.2. The van der Waals surface area contributed by atoms with E-state index < -0.39 is 0 Å². The maximum Gasteiger partial charge on any atom is 0.283 e. The average Bonchev–Trinajstić information content (AvgIpc) is 3.05. The predicted octanol–water partition coefficient (Wildman–Crippen LogP) is 4.99. The van der Waals surface area contributed by atoms with Crippen LogP contribution in [0.3, 0.4) is 0 Å². The zero-order valence-electron chi connectivity index (χ0n) is 17.7. The van der Waals surface area contributed by atoms with Crippen molar-refractivity contribution in [2.75, 3.05) is 31.0 Å². The standard InChI is InChI=1S/C23H26N2O4S/c1-5-28-18-11-9-17(10-12-18)25-22(26)19(24-23(25)30-7-3)14-16-8-13-20(29-6-2)21(15-16)27-4/h8-15H,5-7H2,1-4H3. The maximum absolute atomic E-state index is 13.2. The normalized spacial score (nSPS) is 14.8. The van der Waals surface area contributed by atoms with Crippen LogP contribution in [0.5, 0.6) is 17.2 Å². The van der Waals surface area contributed by atoms with Crippen LogP contribution >= 0.6 is 11.8 Å². The number of methoxy groups -OCH3 is 1. The summed E-state index contributed by atoms with van der Waals surface area (Å²) in [5.41, 5.74) is 1.96. The smallest absolute Gasteiger partial charge is 0.283 e. The molecule has 0 N–H and O–H groups in total. The molecule has 7 heteroatoms. The number of aliphatic imine (C=N–C) groups is 1. The van der Waals surface area contributed by atoms with Crippen molar-refractivity contribution in [1.29, 1.82) is 0 Å². The molecule has 0 spiro atoms. The van der Waals surface area contributed by atoms with E-state index >= 15 is 0 Å².